The second-order valence-electron chi connectivity index (χ2n) is 4.02. The van der Waals surface area contributed by atoms with Gasteiger partial charge in [-0.3, -0.25) is 0 Å². The fourth-order valence-corrected chi connectivity index (χ4v) is 2.39. The van der Waals surface area contributed by atoms with Crippen molar-refractivity contribution in [3.63, 3.8) is 0 Å². The third kappa shape index (κ3) is 2.11. The first-order valence-electron chi connectivity index (χ1n) is 5.55. The molecular formula is C14H8Cl2N2O. The quantitative estimate of drug-likeness (QED) is 0.726. The number of hydrogen-bond acceptors (Lipinski definition) is 3. The molecule has 0 atom stereocenters. The smallest absolute Gasteiger partial charge is 0.116 e. The van der Waals surface area contributed by atoms with Gasteiger partial charge in [0.25, 0.3) is 0 Å². The minimum Gasteiger partial charge on any atom is -0.508 e. The summed E-state index contributed by atoms with van der Waals surface area (Å²) in [5, 5.41) is 11.5. The van der Waals surface area contributed by atoms with E-state index in [1.807, 2.05) is 12.1 Å². The molecule has 1 aromatic heterocycles. The lowest BCUT2D eigenvalue weighted by atomic mass is 10.1. The van der Waals surface area contributed by atoms with Crippen molar-refractivity contribution in [2.45, 2.75) is 0 Å². The average Bonchev–Trinajstić information content (AvgIpc) is 2.42. The summed E-state index contributed by atoms with van der Waals surface area (Å²) in [6, 6.07) is 10.2. The van der Waals surface area contributed by atoms with Gasteiger partial charge < -0.3 is 5.11 Å². The molecule has 94 valence electrons. The number of phenolic OH excluding ortho intramolecular Hbond substituents is 1. The predicted octanol–water partition coefficient (Wildman–Crippen LogP) is 4.31. The number of halogens is 2. The Morgan fingerprint density at radius 2 is 1.79 bits per heavy atom. The molecule has 3 nitrogen and oxygen atoms in total. The van der Waals surface area contributed by atoms with E-state index >= 15 is 0 Å². The summed E-state index contributed by atoms with van der Waals surface area (Å²) >= 11 is 12.3. The Kier molecular flexibility index (Phi) is 3.01. The number of para-hydroxylation sites is 1. The first-order chi connectivity index (χ1) is 9.16. The third-order valence-corrected chi connectivity index (χ3v) is 3.46. The van der Waals surface area contributed by atoms with Crippen LogP contribution in [0.2, 0.25) is 10.0 Å². The molecule has 1 heterocycles. The lowest BCUT2D eigenvalue weighted by Crippen LogP contribution is -1.90. The second-order valence-corrected chi connectivity index (χ2v) is 4.84. The van der Waals surface area contributed by atoms with Crippen LogP contribution in [0.1, 0.15) is 0 Å². The number of rotatable bonds is 1. The second kappa shape index (κ2) is 4.68. The molecule has 0 aliphatic carbocycles. The lowest BCUT2D eigenvalue weighted by Gasteiger charge is -2.08. The molecule has 0 unspecified atom stereocenters. The van der Waals surface area contributed by atoms with Crippen LogP contribution in [0.3, 0.4) is 0 Å². The van der Waals surface area contributed by atoms with Crippen LogP contribution in [0.4, 0.5) is 0 Å². The standard InChI is InChI=1S/C14H8Cl2N2O/c15-11-5-4-8(19)6-10(11)13-9-2-1-3-12(16)14(9)18-7-17-13/h1-7,19H. The fourth-order valence-electron chi connectivity index (χ4n) is 1.96. The minimum atomic E-state index is 0.133. The highest BCUT2D eigenvalue weighted by molar-refractivity contribution is 6.36. The van der Waals surface area contributed by atoms with E-state index in [4.69, 9.17) is 23.2 Å². The van der Waals surface area contributed by atoms with Crippen LogP contribution in [-0.2, 0) is 0 Å². The average molecular weight is 291 g/mol. The molecule has 0 saturated heterocycles. The van der Waals surface area contributed by atoms with Crippen molar-refractivity contribution in [2.75, 3.05) is 0 Å². The Morgan fingerprint density at radius 1 is 0.947 bits per heavy atom. The highest BCUT2D eigenvalue weighted by Gasteiger charge is 2.12. The van der Waals surface area contributed by atoms with Crippen molar-refractivity contribution < 1.29 is 5.11 Å². The molecule has 0 fully saturated rings. The first kappa shape index (κ1) is 12.2. The molecule has 0 radical (unpaired) electrons. The highest BCUT2D eigenvalue weighted by Crippen LogP contribution is 2.34. The maximum absolute atomic E-state index is 9.60. The molecule has 0 spiro atoms. The number of hydrogen-bond donors (Lipinski definition) is 1. The summed E-state index contributed by atoms with van der Waals surface area (Å²) in [6.07, 6.45) is 1.43. The van der Waals surface area contributed by atoms with Gasteiger partial charge in [0.2, 0.25) is 0 Å². The van der Waals surface area contributed by atoms with Crippen LogP contribution in [0.25, 0.3) is 22.2 Å². The van der Waals surface area contributed by atoms with E-state index in [0.717, 1.165) is 5.39 Å². The summed E-state index contributed by atoms with van der Waals surface area (Å²) < 4.78 is 0. The van der Waals surface area contributed by atoms with Gasteiger partial charge in [0.05, 0.1) is 21.3 Å². The molecule has 3 aromatic rings. The number of aromatic nitrogens is 2. The zero-order valence-corrected chi connectivity index (χ0v) is 11.2. The molecule has 0 aliphatic rings. The monoisotopic (exact) mass is 290 g/mol. The number of phenols is 1. The summed E-state index contributed by atoms with van der Waals surface area (Å²) in [6.45, 7) is 0. The third-order valence-electron chi connectivity index (χ3n) is 2.82. The van der Waals surface area contributed by atoms with Crippen LogP contribution in [-0.4, -0.2) is 15.1 Å². The number of benzene rings is 2. The molecule has 0 saturated carbocycles. The largest absolute Gasteiger partial charge is 0.508 e. The molecular weight excluding hydrogens is 283 g/mol. The van der Waals surface area contributed by atoms with Gasteiger partial charge in [-0.05, 0) is 24.3 Å². The Balaban J connectivity index is 2.37. The SMILES string of the molecule is Oc1ccc(Cl)c(-c2ncnc3c(Cl)cccc23)c1. The highest BCUT2D eigenvalue weighted by atomic mass is 35.5. The van der Waals surface area contributed by atoms with Gasteiger partial charge in [0.1, 0.15) is 12.1 Å². The number of aromatic hydroxyl groups is 1. The van der Waals surface area contributed by atoms with Crippen LogP contribution < -0.4 is 0 Å². The zero-order valence-electron chi connectivity index (χ0n) is 9.64. The molecule has 2 aromatic carbocycles. The Hall–Kier alpha value is -1.84. The maximum Gasteiger partial charge on any atom is 0.116 e. The van der Waals surface area contributed by atoms with Crippen molar-refractivity contribution in [1.29, 1.82) is 0 Å². The normalized spacial score (nSPS) is 10.8. The molecule has 19 heavy (non-hydrogen) atoms. The van der Waals surface area contributed by atoms with Crippen LogP contribution in [0, 0.1) is 0 Å². The topological polar surface area (TPSA) is 46.0 Å². The molecule has 0 amide bonds. The van der Waals surface area contributed by atoms with Crippen molar-refractivity contribution in [2.24, 2.45) is 0 Å². The first-order valence-corrected chi connectivity index (χ1v) is 6.30. The van der Waals surface area contributed by atoms with E-state index in [1.165, 1.54) is 12.4 Å². The zero-order chi connectivity index (χ0) is 13.4. The number of nitrogens with zero attached hydrogens (tertiary/aromatic N) is 2. The summed E-state index contributed by atoms with van der Waals surface area (Å²) in [5.74, 6) is 0.133. The molecule has 3 rings (SSSR count). The minimum absolute atomic E-state index is 0.133. The van der Waals surface area contributed by atoms with Crippen molar-refractivity contribution in [3.8, 4) is 17.0 Å². The van der Waals surface area contributed by atoms with E-state index in [-0.39, 0.29) is 5.75 Å². The van der Waals surface area contributed by atoms with Gasteiger partial charge in [-0.15, -0.1) is 0 Å². The van der Waals surface area contributed by atoms with Crippen LogP contribution in [0.5, 0.6) is 5.75 Å². The van der Waals surface area contributed by atoms with Gasteiger partial charge in [0.15, 0.2) is 0 Å². The molecule has 0 bridgehead atoms. The summed E-state index contributed by atoms with van der Waals surface area (Å²) in [5.41, 5.74) is 1.96. The van der Waals surface area contributed by atoms with Crippen molar-refractivity contribution >= 4 is 34.1 Å². The number of fused-ring (bicyclic) bond motifs is 1. The Morgan fingerprint density at radius 3 is 2.63 bits per heavy atom. The van der Waals surface area contributed by atoms with E-state index in [2.05, 4.69) is 9.97 Å². The van der Waals surface area contributed by atoms with E-state index < -0.39 is 0 Å². The van der Waals surface area contributed by atoms with Gasteiger partial charge in [-0.2, -0.15) is 0 Å². The Labute approximate surface area is 119 Å². The van der Waals surface area contributed by atoms with Gasteiger partial charge >= 0.3 is 0 Å². The Bertz CT molecular complexity index is 774. The molecule has 0 aliphatic heterocycles. The van der Waals surface area contributed by atoms with E-state index in [1.54, 1.807) is 18.2 Å². The summed E-state index contributed by atoms with van der Waals surface area (Å²) in [7, 11) is 0. The lowest BCUT2D eigenvalue weighted by molar-refractivity contribution is 0.475. The van der Waals surface area contributed by atoms with E-state index in [0.29, 0.717) is 26.8 Å². The van der Waals surface area contributed by atoms with Crippen LogP contribution >= 0.6 is 23.2 Å². The van der Waals surface area contributed by atoms with Gasteiger partial charge in [-0.25, -0.2) is 9.97 Å². The van der Waals surface area contributed by atoms with Gasteiger partial charge in [0, 0.05) is 10.9 Å². The fraction of sp³-hybridized carbons (Fsp3) is 0. The maximum atomic E-state index is 9.60. The van der Waals surface area contributed by atoms with E-state index in [9.17, 15) is 5.11 Å². The van der Waals surface area contributed by atoms with Crippen molar-refractivity contribution in [1.82, 2.24) is 9.97 Å². The van der Waals surface area contributed by atoms with Crippen molar-refractivity contribution in [3.05, 3.63) is 52.8 Å². The predicted molar refractivity (Wildman–Crippen MR) is 76.7 cm³/mol. The van der Waals surface area contributed by atoms with Gasteiger partial charge in [-0.1, -0.05) is 35.3 Å². The molecule has 5 heteroatoms. The molecule has 1 N–H and O–H groups in total. The summed E-state index contributed by atoms with van der Waals surface area (Å²) in [4.78, 5) is 8.43. The van der Waals surface area contributed by atoms with Crippen LogP contribution in [0.15, 0.2) is 42.7 Å².